The zero-order chi connectivity index (χ0) is 45.4. The largest absolute Gasteiger partial charge is 0.456 e. The predicted octanol–water partition coefficient (Wildman–Crippen LogP) is 16.5. The van der Waals surface area contributed by atoms with Crippen molar-refractivity contribution in [3.63, 3.8) is 0 Å². The lowest BCUT2D eigenvalue weighted by atomic mass is 9.96. The molecule has 0 bridgehead atoms. The van der Waals surface area contributed by atoms with Gasteiger partial charge in [0.05, 0.1) is 21.4 Å². The van der Waals surface area contributed by atoms with Gasteiger partial charge in [-0.2, -0.15) is 0 Å². The number of fused-ring (bicyclic) bond motifs is 9. The minimum absolute atomic E-state index is 0.409. The van der Waals surface area contributed by atoms with Gasteiger partial charge in [-0.05, 0) is 93.5 Å². The van der Waals surface area contributed by atoms with Crippen molar-refractivity contribution < 1.29 is 4.42 Å². The van der Waals surface area contributed by atoms with Crippen LogP contribution in [0.5, 0.6) is 0 Å². The summed E-state index contributed by atoms with van der Waals surface area (Å²) in [5.41, 5.74) is 15.0. The maximum atomic E-state index is 6.71. The van der Waals surface area contributed by atoms with Crippen molar-refractivity contribution in [2.75, 3.05) is 0 Å². The van der Waals surface area contributed by atoms with E-state index in [9.17, 15) is 0 Å². The highest BCUT2D eigenvalue weighted by Gasteiger charge is 2.26. The number of thiophene rings is 1. The van der Waals surface area contributed by atoms with Crippen LogP contribution >= 0.6 is 11.3 Å². The van der Waals surface area contributed by atoms with Crippen molar-refractivity contribution in [2.45, 2.75) is 6.17 Å². The van der Waals surface area contributed by atoms with Crippen molar-refractivity contribution in [2.24, 2.45) is 9.98 Å². The Kier molecular flexibility index (Phi) is 9.07. The zero-order valence-corrected chi connectivity index (χ0v) is 38.0. The van der Waals surface area contributed by atoms with Crippen LogP contribution in [0.15, 0.2) is 245 Å². The van der Waals surface area contributed by atoms with Gasteiger partial charge in [0.15, 0.2) is 5.84 Å². The molecule has 4 heterocycles. The van der Waals surface area contributed by atoms with Crippen LogP contribution in [-0.4, -0.2) is 16.2 Å². The number of nitrogens with zero attached hydrogens (tertiary/aromatic N) is 3. The molecule has 1 atom stereocenters. The second-order valence-electron chi connectivity index (χ2n) is 17.7. The number of benzene rings is 10. The molecule has 1 aliphatic rings. The third kappa shape index (κ3) is 6.52. The molecule has 14 rings (SSSR count). The minimum atomic E-state index is -0.409. The Morgan fingerprint density at radius 1 is 0.435 bits per heavy atom. The summed E-state index contributed by atoms with van der Waals surface area (Å²) in [6.45, 7) is 0. The van der Waals surface area contributed by atoms with Crippen LogP contribution in [-0.2, 0) is 0 Å². The number of nitrogens with one attached hydrogen (secondary N) is 1. The molecular weight excluding hydrogens is 861 g/mol. The lowest BCUT2D eigenvalue weighted by Crippen LogP contribution is -2.33. The monoisotopic (exact) mass is 900 g/mol. The average Bonchev–Trinajstić information content (AvgIpc) is 4.11. The third-order valence-corrected chi connectivity index (χ3v) is 14.9. The maximum Gasteiger partial charge on any atom is 0.159 e. The molecule has 324 valence electrons. The summed E-state index contributed by atoms with van der Waals surface area (Å²) in [6.07, 6.45) is -0.409. The molecular formula is C63H40N4OS. The van der Waals surface area contributed by atoms with Crippen molar-refractivity contribution in [1.82, 2.24) is 9.88 Å². The Bertz CT molecular complexity index is 4180. The first-order valence-electron chi connectivity index (χ1n) is 23.3. The first-order valence-corrected chi connectivity index (χ1v) is 24.1. The standard InChI is InChI=1S/C63H40N4OS/c1-3-16-39(17-4-1)41-20-13-22-44(36-41)61-64-62(45-23-14-21-42(37-45)40-18-5-2-6-19-40)66-63(65-61)50-27-15-30-56-58(50)51-38-43(32-35-55(51)68-56)46-33-34-54(60-59(46)49-26-9-12-31-57(49)69-60)67-52-28-10-7-24-47(52)48-25-8-11-29-53(48)67/h1-38,61H,(H,64,65,66). The van der Waals surface area contributed by atoms with E-state index in [1.165, 1.54) is 53.2 Å². The number of aromatic nitrogens is 1. The molecule has 0 saturated heterocycles. The van der Waals surface area contributed by atoms with Crippen LogP contribution in [0.3, 0.4) is 0 Å². The number of para-hydroxylation sites is 2. The summed E-state index contributed by atoms with van der Waals surface area (Å²) >= 11 is 1.86. The predicted molar refractivity (Wildman–Crippen MR) is 289 cm³/mol. The van der Waals surface area contributed by atoms with Gasteiger partial charge < -0.3 is 14.3 Å². The third-order valence-electron chi connectivity index (χ3n) is 13.7. The van der Waals surface area contributed by atoms with E-state index in [2.05, 4.69) is 234 Å². The van der Waals surface area contributed by atoms with Gasteiger partial charge in [0.1, 0.15) is 23.2 Å². The van der Waals surface area contributed by atoms with E-state index in [1.807, 2.05) is 17.4 Å². The van der Waals surface area contributed by atoms with Gasteiger partial charge in [-0.15, -0.1) is 11.3 Å². The fourth-order valence-electron chi connectivity index (χ4n) is 10.5. The van der Waals surface area contributed by atoms with E-state index in [0.717, 1.165) is 72.3 Å². The van der Waals surface area contributed by atoms with Crippen LogP contribution < -0.4 is 5.32 Å². The van der Waals surface area contributed by atoms with Gasteiger partial charge in [-0.3, -0.25) is 0 Å². The smallest absolute Gasteiger partial charge is 0.159 e. The van der Waals surface area contributed by atoms with Crippen LogP contribution in [0.2, 0.25) is 0 Å². The Labute approximate surface area is 401 Å². The van der Waals surface area contributed by atoms with E-state index in [1.54, 1.807) is 0 Å². The Morgan fingerprint density at radius 3 is 1.84 bits per heavy atom. The molecule has 69 heavy (non-hydrogen) atoms. The fraction of sp³-hybridized carbons (Fsp3) is 0.0159. The normalized spacial score (nSPS) is 13.9. The molecule has 1 unspecified atom stereocenters. The zero-order valence-electron chi connectivity index (χ0n) is 37.2. The second-order valence-corrected chi connectivity index (χ2v) is 18.7. The highest BCUT2D eigenvalue weighted by Crippen LogP contribution is 2.46. The van der Waals surface area contributed by atoms with E-state index in [-0.39, 0.29) is 0 Å². The summed E-state index contributed by atoms with van der Waals surface area (Å²) < 4.78 is 11.7. The van der Waals surface area contributed by atoms with Gasteiger partial charge in [-0.25, -0.2) is 9.98 Å². The lowest BCUT2D eigenvalue weighted by Gasteiger charge is -2.24. The molecule has 0 aliphatic carbocycles. The van der Waals surface area contributed by atoms with Gasteiger partial charge >= 0.3 is 0 Å². The molecule has 6 heteroatoms. The van der Waals surface area contributed by atoms with E-state index in [0.29, 0.717) is 5.84 Å². The van der Waals surface area contributed by atoms with E-state index < -0.39 is 6.17 Å². The quantitative estimate of drug-likeness (QED) is 0.173. The Hall–Kier alpha value is -8.84. The second kappa shape index (κ2) is 15.9. The van der Waals surface area contributed by atoms with Crippen LogP contribution in [0.1, 0.15) is 22.9 Å². The number of hydrogen-bond acceptors (Lipinski definition) is 5. The van der Waals surface area contributed by atoms with Crippen molar-refractivity contribution in [3.05, 3.63) is 247 Å². The van der Waals surface area contributed by atoms with E-state index >= 15 is 0 Å². The molecule has 0 fully saturated rings. The highest BCUT2D eigenvalue weighted by atomic mass is 32.1. The first-order chi connectivity index (χ1) is 34.2. The topological polar surface area (TPSA) is 54.8 Å². The first kappa shape index (κ1) is 39.3. The van der Waals surface area contributed by atoms with Gasteiger partial charge in [-0.1, -0.05) is 176 Å². The Balaban J connectivity index is 0.942. The number of amidine groups is 2. The van der Waals surface area contributed by atoms with Crippen molar-refractivity contribution in [1.29, 1.82) is 0 Å². The molecule has 1 N–H and O–H groups in total. The minimum Gasteiger partial charge on any atom is -0.456 e. The number of rotatable bonds is 7. The SMILES string of the molecule is c1ccc(-c2cccc(C3=NC(c4cccc(-c5ccccc5)c4)NC(c4cccc5oc6ccc(-c7ccc(-n8c9ccccc9c9ccccc98)c8sc9ccccc9c78)cc6c45)=N3)c2)cc1. The molecule has 3 aromatic heterocycles. The van der Waals surface area contributed by atoms with Crippen LogP contribution in [0.4, 0.5) is 0 Å². The summed E-state index contributed by atoms with van der Waals surface area (Å²) in [5, 5.41) is 10.8. The molecule has 0 saturated carbocycles. The number of furan rings is 1. The number of aliphatic imine (C=N–C) groups is 2. The summed E-state index contributed by atoms with van der Waals surface area (Å²) in [6, 6.07) is 82.1. The van der Waals surface area contributed by atoms with Gasteiger partial charge in [0, 0.05) is 48.1 Å². The molecule has 5 nitrogen and oxygen atoms in total. The van der Waals surface area contributed by atoms with Gasteiger partial charge in [0.2, 0.25) is 0 Å². The summed E-state index contributed by atoms with van der Waals surface area (Å²) in [7, 11) is 0. The molecule has 1 aliphatic heterocycles. The van der Waals surface area contributed by atoms with Crippen molar-refractivity contribution in [3.8, 4) is 39.1 Å². The van der Waals surface area contributed by atoms with E-state index in [4.69, 9.17) is 14.4 Å². The maximum absolute atomic E-state index is 6.71. The average molecular weight is 901 g/mol. The Morgan fingerprint density at radius 2 is 1.07 bits per heavy atom. The summed E-state index contributed by atoms with van der Waals surface area (Å²) in [4.78, 5) is 10.7. The lowest BCUT2D eigenvalue weighted by molar-refractivity contribution is 0.668. The van der Waals surface area contributed by atoms with Crippen LogP contribution in [0, 0.1) is 0 Å². The molecule has 10 aromatic carbocycles. The summed E-state index contributed by atoms with van der Waals surface area (Å²) in [5.74, 6) is 1.40. The van der Waals surface area contributed by atoms with Crippen molar-refractivity contribution >= 4 is 86.9 Å². The molecule has 0 radical (unpaired) electrons. The molecule has 0 spiro atoms. The van der Waals surface area contributed by atoms with Crippen LogP contribution in [0.25, 0.3) is 103 Å². The molecule has 0 amide bonds. The number of hydrogen-bond donors (Lipinski definition) is 1. The van der Waals surface area contributed by atoms with Gasteiger partial charge in [0.25, 0.3) is 0 Å². The fourth-order valence-corrected chi connectivity index (χ4v) is 11.7. The highest BCUT2D eigenvalue weighted by molar-refractivity contribution is 7.26. The molecule has 13 aromatic rings.